The minimum Gasteiger partial charge on any atom is -0.479 e. The van der Waals surface area contributed by atoms with Crippen molar-refractivity contribution in [3.63, 3.8) is 0 Å². The van der Waals surface area contributed by atoms with E-state index in [0.29, 0.717) is 0 Å². The number of hydrogen-bond donors (Lipinski definition) is 4. The predicted molar refractivity (Wildman–Crippen MR) is 40.0 cm³/mol. The summed E-state index contributed by atoms with van der Waals surface area (Å²) in [4.78, 5) is 10.7. The molecule has 1 aliphatic rings. The van der Waals surface area contributed by atoms with Crippen LogP contribution in [-0.2, 0) is 9.53 Å². The van der Waals surface area contributed by atoms with Crippen LogP contribution in [0.5, 0.6) is 0 Å². The highest BCUT2D eigenvalue weighted by Crippen LogP contribution is 2.30. The monoisotopic (exact) mass is 192 g/mol. The SMILES string of the molecule is C[C@@]1(C(=O)O)O[C@H](CO)C(O)C1O. The van der Waals surface area contributed by atoms with Crippen molar-refractivity contribution in [2.24, 2.45) is 0 Å². The zero-order valence-corrected chi connectivity index (χ0v) is 7.04. The lowest BCUT2D eigenvalue weighted by Crippen LogP contribution is -2.47. The van der Waals surface area contributed by atoms with Gasteiger partial charge < -0.3 is 25.2 Å². The number of ether oxygens (including phenoxy) is 1. The number of rotatable bonds is 2. The molecule has 13 heavy (non-hydrogen) atoms. The van der Waals surface area contributed by atoms with Gasteiger partial charge in [0, 0.05) is 0 Å². The molecule has 0 radical (unpaired) electrons. The Labute approximate surface area is 74.4 Å². The molecule has 1 rings (SSSR count). The van der Waals surface area contributed by atoms with Crippen LogP contribution in [0.4, 0.5) is 0 Å². The van der Waals surface area contributed by atoms with Crippen LogP contribution < -0.4 is 0 Å². The van der Waals surface area contributed by atoms with E-state index in [1.807, 2.05) is 0 Å². The first-order chi connectivity index (χ1) is 5.93. The molecule has 0 spiro atoms. The van der Waals surface area contributed by atoms with E-state index in [1.54, 1.807) is 0 Å². The average Bonchev–Trinajstić information content (AvgIpc) is 2.31. The first-order valence-corrected chi connectivity index (χ1v) is 3.81. The normalized spacial score (nSPS) is 45.1. The Kier molecular flexibility index (Phi) is 2.58. The Morgan fingerprint density at radius 2 is 2.08 bits per heavy atom. The molecule has 0 bridgehead atoms. The molecule has 0 aromatic heterocycles. The van der Waals surface area contributed by atoms with Crippen molar-refractivity contribution in [3.8, 4) is 0 Å². The Morgan fingerprint density at radius 1 is 1.54 bits per heavy atom. The van der Waals surface area contributed by atoms with Crippen molar-refractivity contribution in [1.29, 1.82) is 0 Å². The fraction of sp³-hybridized carbons (Fsp3) is 0.857. The molecule has 0 amide bonds. The fourth-order valence-corrected chi connectivity index (χ4v) is 1.31. The molecular formula is C7H12O6. The van der Waals surface area contributed by atoms with Gasteiger partial charge in [0.05, 0.1) is 6.61 Å². The first-order valence-electron chi connectivity index (χ1n) is 3.81. The highest BCUT2D eigenvalue weighted by Gasteiger charge is 2.55. The van der Waals surface area contributed by atoms with Crippen LogP contribution in [0.1, 0.15) is 6.92 Å². The summed E-state index contributed by atoms with van der Waals surface area (Å²) < 4.78 is 4.83. The average molecular weight is 192 g/mol. The Morgan fingerprint density at radius 3 is 2.31 bits per heavy atom. The van der Waals surface area contributed by atoms with Gasteiger partial charge in [0.2, 0.25) is 0 Å². The maximum Gasteiger partial charge on any atom is 0.338 e. The third-order valence-corrected chi connectivity index (χ3v) is 2.27. The molecule has 4 N–H and O–H groups in total. The van der Waals surface area contributed by atoms with Gasteiger partial charge >= 0.3 is 5.97 Å². The van der Waals surface area contributed by atoms with Crippen molar-refractivity contribution in [1.82, 2.24) is 0 Å². The molecule has 6 nitrogen and oxygen atoms in total. The molecular weight excluding hydrogens is 180 g/mol. The molecule has 4 atom stereocenters. The maximum absolute atomic E-state index is 10.7. The second-order valence-electron chi connectivity index (χ2n) is 3.19. The van der Waals surface area contributed by atoms with Crippen LogP contribution in [0, 0.1) is 0 Å². The summed E-state index contributed by atoms with van der Waals surface area (Å²) in [7, 11) is 0. The van der Waals surface area contributed by atoms with E-state index >= 15 is 0 Å². The Bertz CT molecular complexity index is 217. The minimum atomic E-state index is -1.84. The number of aliphatic carboxylic acids is 1. The Hall–Kier alpha value is -0.690. The summed E-state index contributed by atoms with van der Waals surface area (Å²) in [6.45, 7) is 0.625. The maximum atomic E-state index is 10.7. The van der Waals surface area contributed by atoms with Crippen LogP contribution in [0.15, 0.2) is 0 Å². The highest BCUT2D eigenvalue weighted by atomic mass is 16.6. The number of carbonyl (C=O) groups is 1. The largest absolute Gasteiger partial charge is 0.479 e. The zero-order chi connectivity index (χ0) is 10.2. The molecule has 0 saturated carbocycles. The van der Waals surface area contributed by atoms with Gasteiger partial charge in [-0.15, -0.1) is 0 Å². The van der Waals surface area contributed by atoms with E-state index in [-0.39, 0.29) is 0 Å². The topological polar surface area (TPSA) is 107 Å². The molecule has 1 aliphatic heterocycles. The lowest BCUT2D eigenvalue weighted by molar-refractivity contribution is -0.170. The van der Waals surface area contributed by atoms with E-state index < -0.39 is 36.5 Å². The van der Waals surface area contributed by atoms with Gasteiger partial charge in [-0.1, -0.05) is 0 Å². The van der Waals surface area contributed by atoms with Gasteiger partial charge in [0.1, 0.15) is 18.3 Å². The standard InChI is InChI=1S/C7H12O6/c1-7(6(11)12)5(10)4(9)3(2-8)13-7/h3-5,8-10H,2H2,1H3,(H,11,12)/t3-,4?,5?,7-/m1/s1. The molecule has 1 fully saturated rings. The van der Waals surface area contributed by atoms with Crippen molar-refractivity contribution < 1.29 is 30.0 Å². The molecule has 1 heterocycles. The number of aliphatic hydroxyl groups excluding tert-OH is 3. The summed E-state index contributed by atoms with van der Waals surface area (Å²) in [6, 6.07) is 0. The van der Waals surface area contributed by atoms with Crippen molar-refractivity contribution in [2.75, 3.05) is 6.61 Å². The first kappa shape index (κ1) is 10.4. The van der Waals surface area contributed by atoms with Crippen LogP contribution in [-0.4, -0.2) is 56.9 Å². The van der Waals surface area contributed by atoms with Crippen LogP contribution in [0.2, 0.25) is 0 Å². The summed E-state index contributed by atoms with van der Waals surface area (Å²) in [5, 5.41) is 35.9. The van der Waals surface area contributed by atoms with Crippen LogP contribution >= 0.6 is 0 Å². The van der Waals surface area contributed by atoms with Crippen LogP contribution in [0.25, 0.3) is 0 Å². The third kappa shape index (κ3) is 1.42. The van der Waals surface area contributed by atoms with E-state index in [0.717, 1.165) is 6.92 Å². The van der Waals surface area contributed by atoms with Gasteiger partial charge in [-0.2, -0.15) is 0 Å². The highest BCUT2D eigenvalue weighted by molar-refractivity contribution is 5.78. The van der Waals surface area contributed by atoms with Crippen molar-refractivity contribution >= 4 is 5.97 Å². The quantitative estimate of drug-likeness (QED) is 0.401. The number of hydrogen-bond acceptors (Lipinski definition) is 5. The van der Waals surface area contributed by atoms with Crippen LogP contribution in [0.3, 0.4) is 0 Å². The van der Waals surface area contributed by atoms with E-state index in [1.165, 1.54) is 0 Å². The summed E-state index contributed by atoms with van der Waals surface area (Å²) in [5.41, 5.74) is -1.84. The van der Waals surface area contributed by atoms with Gasteiger partial charge in [-0.05, 0) is 6.92 Å². The van der Waals surface area contributed by atoms with E-state index in [4.69, 9.17) is 14.9 Å². The lowest BCUT2D eigenvalue weighted by Gasteiger charge is -2.21. The van der Waals surface area contributed by atoms with Gasteiger partial charge in [-0.25, -0.2) is 4.79 Å². The molecule has 76 valence electrons. The van der Waals surface area contributed by atoms with Crippen molar-refractivity contribution in [2.45, 2.75) is 30.8 Å². The number of carboxylic acids is 1. The number of carboxylic acid groups (broad SMARTS) is 1. The number of aliphatic hydroxyl groups is 3. The third-order valence-electron chi connectivity index (χ3n) is 2.27. The second-order valence-corrected chi connectivity index (χ2v) is 3.19. The fourth-order valence-electron chi connectivity index (χ4n) is 1.31. The van der Waals surface area contributed by atoms with Crippen molar-refractivity contribution in [3.05, 3.63) is 0 Å². The molecule has 0 aromatic rings. The molecule has 1 saturated heterocycles. The van der Waals surface area contributed by atoms with Gasteiger partial charge in [0.25, 0.3) is 0 Å². The molecule has 6 heteroatoms. The van der Waals surface area contributed by atoms with E-state index in [9.17, 15) is 15.0 Å². The minimum absolute atomic E-state index is 0.527. The molecule has 0 aromatic carbocycles. The second kappa shape index (κ2) is 3.22. The Balaban J connectivity index is 2.87. The smallest absolute Gasteiger partial charge is 0.338 e. The zero-order valence-electron chi connectivity index (χ0n) is 7.04. The summed E-state index contributed by atoms with van der Waals surface area (Å²) in [6.07, 6.45) is -3.94. The lowest BCUT2D eigenvalue weighted by atomic mass is 9.97. The van der Waals surface area contributed by atoms with E-state index in [2.05, 4.69) is 0 Å². The summed E-state index contributed by atoms with van der Waals surface area (Å²) in [5.74, 6) is -1.37. The van der Waals surface area contributed by atoms with Gasteiger partial charge in [-0.3, -0.25) is 0 Å². The predicted octanol–water partition coefficient (Wildman–Crippen LogP) is -2.06. The van der Waals surface area contributed by atoms with Gasteiger partial charge in [0.15, 0.2) is 5.60 Å². The molecule has 0 aliphatic carbocycles. The molecule has 2 unspecified atom stereocenters. The summed E-state index contributed by atoms with van der Waals surface area (Å²) >= 11 is 0.